The van der Waals surface area contributed by atoms with E-state index in [-0.39, 0.29) is 0 Å². The Morgan fingerprint density at radius 3 is 2.65 bits per heavy atom. The number of halogens is 2. The number of benzene rings is 1. The van der Waals surface area contributed by atoms with Gasteiger partial charge in [0.05, 0.1) is 0 Å². The van der Waals surface area contributed by atoms with E-state index in [0.717, 1.165) is 39.3 Å². The van der Waals surface area contributed by atoms with Gasteiger partial charge in [-0.25, -0.2) is 8.78 Å². The second-order valence-corrected chi connectivity index (χ2v) is 5.67. The Kier molecular flexibility index (Phi) is 4.29. The molecule has 0 radical (unpaired) electrons. The van der Waals surface area contributed by atoms with Crippen LogP contribution in [0.1, 0.15) is 12.0 Å². The molecule has 0 bridgehead atoms. The Bertz CT molecular complexity index is 452. The van der Waals surface area contributed by atoms with Gasteiger partial charge in [0.2, 0.25) is 0 Å². The van der Waals surface area contributed by atoms with Gasteiger partial charge in [-0.05, 0) is 19.0 Å². The standard InChI is InChI=1S/C15H21F2N3/c16-14-3-1-2-12(15(14)17)11-19-6-8-20(9-7-19)13-4-5-18-10-13/h1-3,13,18H,4-11H2. The van der Waals surface area contributed by atoms with Crippen molar-refractivity contribution in [1.82, 2.24) is 15.1 Å². The van der Waals surface area contributed by atoms with Crippen LogP contribution in [0.3, 0.4) is 0 Å². The van der Waals surface area contributed by atoms with Crippen molar-refractivity contribution in [2.75, 3.05) is 39.3 Å². The molecule has 2 saturated heterocycles. The Morgan fingerprint density at radius 1 is 1.15 bits per heavy atom. The van der Waals surface area contributed by atoms with Crippen LogP contribution in [-0.4, -0.2) is 55.1 Å². The lowest BCUT2D eigenvalue weighted by atomic mass is 10.1. The van der Waals surface area contributed by atoms with E-state index in [9.17, 15) is 8.78 Å². The van der Waals surface area contributed by atoms with Crippen molar-refractivity contribution < 1.29 is 8.78 Å². The van der Waals surface area contributed by atoms with Crippen LogP contribution in [-0.2, 0) is 6.54 Å². The molecule has 0 saturated carbocycles. The summed E-state index contributed by atoms with van der Waals surface area (Å²) in [5, 5.41) is 3.39. The van der Waals surface area contributed by atoms with Gasteiger partial charge in [-0.3, -0.25) is 9.80 Å². The first-order valence-electron chi connectivity index (χ1n) is 7.34. The molecule has 2 heterocycles. The van der Waals surface area contributed by atoms with Gasteiger partial charge in [0.1, 0.15) is 0 Å². The zero-order valence-electron chi connectivity index (χ0n) is 11.6. The zero-order chi connectivity index (χ0) is 13.9. The van der Waals surface area contributed by atoms with E-state index in [0.29, 0.717) is 18.2 Å². The maximum atomic E-state index is 13.7. The van der Waals surface area contributed by atoms with Gasteiger partial charge in [0.25, 0.3) is 0 Å². The normalized spacial score (nSPS) is 25.2. The van der Waals surface area contributed by atoms with E-state index in [4.69, 9.17) is 0 Å². The van der Waals surface area contributed by atoms with Crippen LogP contribution in [0.4, 0.5) is 8.78 Å². The minimum atomic E-state index is -0.752. The first kappa shape index (κ1) is 13.9. The Labute approximate surface area is 118 Å². The average molecular weight is 281 g/mol. The number of hydrogen-bond donors (Lipinski definition) is 1. The highest BCUT2D eigenvalue weighted by atomic mass is 19.2. The van der Waals surface area contributed by atoms with Crippen LogP contribution in [0.5, 0.6) is 0 Å². The highest BCUT2D eigenvalue weighted by molar-refractivity contribution is 5.18. The van der Waals surface area contributed by atoms with Crippen molar-refractivity contribution in [3.63, 3.8) is 0 Å². The minimum Gasteiger partial charge on any atom is -0.315 e. The Balaban J connectivity index is 1.54. The van der Waals surface area contributed by atoms with Crippen molar-refractivity contribution in [3.05, 3.63) is 35.4 Å². The predicted octanol–water partition coefficient (Wildman–Crippen LogP) is 1.44. The summed E-state index contributed by atoms with van der Waals surface area (Å²) < 4.78 is 26.8. The number of nitrogens with one attached hydrogen (secondary N) is 1. The summed E-state index contributed by atoms with van der Waals surface area (Å²) in [4.78, 5) is 4.72. The molecule has 0 aliphatic carbocycles. The lowest BCUT2D eigenvalue weighted by molar-refractivity contribution is 0.0973. The lowest BCUT2D eigenvalue weighted by Gasteiger charge is -2.37. The number of rotatable bonds is 3. The fraction of sp³-hybridized carbons (Fsp3) is 0.600. The van der Waals surface area contributed by atoms with Gasteiger partial charge < -0.3 is 5.32 Å². The van der Waals surface area contributed by atoms with Gasteiger partial charge in [0.15, 0.2) is 11.6 Å². The summed E-state index contributed by atoms with van der Waals surface area (Å²) in [6.07, 6.45) is 1.22. The van der Waals surface area contributed by atoms with Crippen LogP contribution < -0.4 is 5.32 Å². The van der Waals surface area contributed by atoms with Crippen molar-refractivity contribution >= 4 is 0 Å². The molecule has 1 aromatic rings. The molecule has 2 fully saturated rings. The van der Waals surface area contributed by atoms with E-state index in [1.807, 2.05) is 0 Å². The molecule has 5 heteroatoms. The van der Waals surface area contributed by atoms with Crippen LogP contribution >= 0.6 is 0 Å². The molecule has 2 aliphatic rings. The molecular weight excluding hydrogens is 260 g/mol. The fourth-order valence-corrected chi connectivity index (χ4v) is 3.15. The highest BCUT2D eigenvalue weighted by Gasteiger charge is 2.26. The summed E-state index contributed by atoms with van der Waals surface area (Å²) in [6.45, 7) is 6.57. The Hall–Kier alpha value is -1.04. The third-order valence-electron chi connectivity index (χ3n) is 4.38. The zero-order valence-corrected chi connectivity index (χ0v) is 11.6. The summed E-state index contributed by atoms with van der Waals surface area (Å²) in [5.41, 5.74) is 0.459. The average Bonchev–Trinajstić information content (AvgIpc) is 2.99. The third-order valence-corrected chi connectivity index (χ3v) is 4.38. The number of nitrogens with zero attached hydrogens (tertiary/aromatic N) is 2. The summed E-state index contributed by atoms with van der Waals surface area (Å²) in [6, 6.07) is 5.08. The molecule has 1 N–H and O–H groups in total. The van der Waals surface area contributed by atoms with Gasteiger partial charge in [-0.1, -0.05) is 12.1 Å². The van der Waals surface area contributed by atoms with Gasteiger partial charge in [-0.15, -0.1) is 0 Å². The van der Waals surface area contributed by atoms with Crippen LogP contribution in [0.25, 0.3) is 0 Å². The van der Waals surface area contributed by atoms with E-state index >= 15 is 0 Å². The molecule has 0 spiro atoms. The molecule has 1 atom stereocenters. The molecular formula is C15H21F2N3. The van der Waals surface area contributed by atoms with Gasteiger partial charge in [0, 0.05) is 50.9 Å². The lowest BCUT2D eigenvalue weighted by Crippen LogP contribution is -2.50. The third kappa shape index (κ3) is 3.00. The van der Waals surface area contributed by atoms with E-state index < -0.39 is 11.6 Å². The summed E-state index contributed by atoms with van der Waals surface area (Å²) in [5.74, 6) is -1.45. The molecule has 3 nitrogen and oxygen atoms in total. The maximum Gasteiger partial charge on any atom is 0.163 e. The predicted molar refractivity (Wildman–Crippen MR) is 74.5 cm³/mol. The van der Waals surface area contributed by atoms with Gasteiger partial charge >= 0.3 is 0 Å². The van der Waals surface area contributed by atoms with Crippen molar-refractivity contribution in [2.45, 2.75) is 19.0 Å². The van der Waals surface area contributed by atoms with Crippen LogP contribution in [0.15, 0.2) is 18.2 Å². The topological polar surface area (TPSA) is 18.5 Å². The van der Waals surface area contributed by atoms with Gasteiger partial charge in [-0.2, -0.15) is 0 Å². The molecule has 0 aromatic heterocycles. The molecule has 20 heavy (non-hydrogen) atoms. The first-order valence-corrected chi connectivity index (χ1v) is 7.34. The van der Waals surface area contributed by atoms with Crippen LogP contribution in [0, 0.1) is 11.6 Å². The number of hydrogen-bond acceptors (Lipinski definition) is 3. The minimum absolute atomic E-state index is 0.459. The smallest absolute Gasteiger partial charge is 0.163 e. The first-order chi connectivity index (χ1) is 9.74. The van der Waals surface area contributed by atoms with Crippen molar-refractivity contribution in [3.8, 4) is 0 Å². The quantitative estimate of drug-likeness (QED) is 0.904. The second kappa shape index (κ2) is 6.16. The second-order valence-electron chi connectivity index (χ2n) is 5.67. The van der Waals surface area contributed by atoms with Crippen molar-refractivity contribution in [1.29, 1.82) is 0 Å². The molecule has 110 valence electrons. The largest absolute Gasteiger partial charge is 0.315 e. The molecule has 3 rings (SSSR count). The SMILES string of the molecule is Fc1cccc(CN2CCN(C3CCNC3)CC2)c1F. The van der Waals surface area contributed by atoms with E-state index in [1.54, 1.807) is 12.1 Å². The summed E-state index contributed by atoms with van der Waals surface area (Å²) >= 11 is 0. The van der Waals surface area contributed by atoms with E-state index in [2.05, 4.69) is 15.1 Å². The maximum absolute atomic E-state index is 13.7. The molecule has 1 aromatic carbocycles. The van der Waals surface area contributed by atoms with E-state index in [1.165, 1.54) is 12.5 Å². The number of piperazine rings is 1. The van der Waals surface area contributed by atoms with Crippen molar-refractivity contribution in [2.24, 2.45) is 0 Å². The highest BCUT2D eigenvalue weighted by Crippen LogP contribution is 2.17. The summed E-state index contributed by atoms with van der Waals surface area (Å²) in [7, 11) is 0. The Morgan fingerprint density at radius 2 is 1.95 bits per heavy atom. The molecule has 2 aliphatic heterocycles. The molecule has 0 amide bonds. The van der Waals surface area contributed by atoms with Crippen LogP contribution in [0.2, 0.25) is 0 Å². The molecule has 1 unspecified atom stereocenters. The fourth-order valence-electron chi connectivity index (χ4n) is 3.15. The monoisotopic (exact) mass is 281 g/mol.